The lowest BCUT2D eigenvalue weighted by Gasteiger charge is -2.27. The molecule has 0 radical (unpaired) electrons. The van der Waals surface area contributed by atoms with Crippen molar-refractivity contribution in [1.82, 2.24) is 14.9 Å². The van der Waals surface area contributed by atoms with E-state index in [-0.39, 0.29) is 11.9 Å². The Morgan fingerprint density at radius 3 is 2.88 bits per heavy atom. The number of thiophene rings is 1. The van der Waals surface area contributed by atoms with Crippen molar-refractivity contribution in [1.29, 1.82) is 0 Å². The predicted octanol–water partition coefficient (Wildman–Crippen LogP) is 4.16. The molecule has 0 spiro atoms. The summed E-state index contributed by atoms with van der Waals surface area (Å²) in [4.78, 5) is 25.2. The maximum absolute atomic E-state index is 12.1. The Morgan fingerprint density at radius 2 is 2.12 bits per heavy atom. The Kier molecular flexibility index (Phi) is 4.59. The van der Waals surface area contributed by atoms with Crippen molar-refractivity contribution in [3.05, 3.63) is 52.7 Å². The molecule has 134 valence electrons. The highest BCUT2D eigenvalue weighted by Crippen LogP contribution is 2.38. The van der Waals surface area contributed by atoms with E-state index in [9.17, 15) is 4.79 Å². The summed E-state index contributed by atoms with van der Waals surface area (Å²) in [5.41, 5.74) is 2.52. The topological polar surface area (TPSA) is 58.1 Å². The summed E-state index contributed by atoms with van der Waals surface area (Å²) in [5.74, 6) is 1.11. The highest BCUT2D eigenvalue weighted by atomic mass is 32.1. The van der Waals surface area contributed by atoms with Crippen molar-refractivity contribution in [3.63, 3.8) is 0 Å². The molecule has 5 nitrogen and oxygen atoms in total. The second-order valence-electron chi connectivity index (χ2n) is 6.60. The number of carbonyl (C=O) groups excluding carboxylic acids is 1. The van der Waals surface area contributed by atoms with Gasteiger partial charge in [-0.25, -0.2) is 9.97 Å². The zero-order valence-corrected chi connectivity index (χ0v) is 15.8. The van der Waals surface area contributed by atoms with Gasteiger partial charge >= 0.3 is 0 Å². The van der Waals surface area contributed by atoms with Crippen molar-refractivity contribution in [2.45, 2.75) is 39.3 Å². The molecule has 1 unspecified atom stereocenters. The molecule has 0 fully saturated rings. The molecule has 1 aliphatic rings. The quantitative estimate of drug-likeness (QED) is 0.753. The first-order valence-corrected chi connectivity index (χ1v) is 9.83. The summed E-state index contributed by atoms with van der Waals surface area (Å²) in [7, 11) is 0. The van der Waals surface area contributed by atoms with Crippen LogP contribution >= 0.6 is 11.3 Å². The molecule has 0 saturated heterocycles. The van der Waals surface area contributed by atoms with Gasteiger partial charge < -0.3 is 10.2 Å². The first-order valence-electron chi connectivity index (χ1n) is 9.02. The number of nitrogens with one attached hydrogen (secondary N) is 1. The number of fused-ring (bicyclic) bond motifs is 3. The van der Waals surface area contributed by atoms with Gasteiger partial charge in [-0.1, -0.05) is 37.3 Å². The highest BCUT2D eigenvalue weighted by Gasteiger charge is 2.25. The van der Waals surface area contributed by atoms with E-state index < -0.39 is 0 Å². The van der Waals surface area contributed by atoms with Gasteiger partial charge in [0.1, 0.15) is 17.0 Å². The number of nitrogens with zero attached hydrogens (tertiary/aromatic N) is 3. The summed E-state index contributed by atoms with van der Waals surface area (Å²) >= 11 is 1.68. The molecule has 3 heterocycles. The fourth-order valence-electron chi connectivity index (χ4n) is 3.50. The molecule has 0 aliphatic carbocycles. The first kappa shape index (κ1) is 17.0. The molecule has 1 atom stereocenters. The molecule has 0 saturated carbocycles. The van der Waals surface area contributed by atoms with Gasteiger partial charge in [-0.2, -0.15) is 0 Å². The average Bonchev–Trinajstić information content (AvgIpc) is 3.06. The molecule has 1 aromatic carbocycles. The average molecular weight is 366 g/mol. The van der Waals surface area contributed by atoms with E-state index in [1.54, 1.807) is 17.7 Å². The molecule has 0 bridgehead atoms. The lowest BCUT2D eigenvalue weighted by molar-refractivity contribution is -0.131. The minimum Gasteiger partial charge on any atom is -0.363 e. The molecule has 6 heteroatoms. The van der Waals surface area contributed by atoms with Crippen LogP contribution in [0.4, 0.5) is 5.82 Å². The van der Waals surface area contributed by atoms with Crippen LogP contribution in [0.5, 0.6) is 0 Å². The number of rotatable bonds is 4. The van der Waals surface area contributed by atoms with Crippen LogP contribution in [0.3, 0.4) is 0 Å². The van der Waals surface area contributed by atoms with Crippen LogP contribution in [0.2, 0.25) is 0 Å². The van der Waals surface area contributed by atoms with Gasteiger partial charge in [0.2, 0.25) is 5.91 Å². The van der Waals surface area contributed by atoms with E-state index in [4.69, 9.17) is 0 Å². The first-order chi connectivity index (χ1) is 12.7. The monoisotopic (exact) mass is 366 g/mol. The molecule has 1 amide bonds. The van der Waals surface area contributed by atoms with Gasteiger partial charge in [-0.05, 0) is 24.5 Å². The molecule has 1 N–H and O–H groups in total. The number of hydrogen-bond acceptors (Lipinski definition) is 5. The SMILES string of the molecule is CCC(=O)N1CCc2c(sc3ncnc(NC(C)c4ccccc4)c23)C1. The van der Waals surface area contributed by atoms with E-state index in [0.29, 0.717) is 13.0 Å². The second kappa shape index (κ2) is 7.03. The number of anilines is 1. The van der Waals surface area contributed by atoms with E-state index in [2.05, 4.69) is 46.5 Å². The third-order valence-corrected chi connectivity index (χ3v) is 6.07. The Balaban J connectivity index is 1.67. The fraction of sp³-hybridized carbons (Fsp3) is 0.350. The van der Waals surface area contributed by atoms with Crippen LogP contribution < -0.4 is 5.32 Å². The Bertz CT molecular complexity index is 938. The van der Waals surface area contributed by atoms with Crippen molar-refractivity contribution in [2.75, 3.05) is 11.9 Å². The number of aromatic nitrogens is 2. The fourth-order valence-corrected chi connectivity index (χ4v) is 4.71. The Labute approximate surface area is 157 Å². The maximum atomic E-state index is 12.1. The molecule has 3 aromatic rings. The van der Waals surface area contributed by atoms with Crippen molar-refractivity contribution in [2.24, 2.45) is 0 Å². The van der Waals surface area contributed by atoms with Crippen molar-refractivity contribution in [3.8, 4) is 0 Å². The minimum absolute atomic E-state index is 0.159. The van der Waals surface area contributed by atoms with E-state index in [1.807, 2.05) is 17.9 Å². The second-order valence-corrected chi connectivity index (χ2v) is 7.69. The minimum atomic E-state index is 0.159. The van der Waals surface area contributed by atoms with Gasteiger partial charge in [0, 0.05) is 23.9 Å². The number of amides is 1. The summed E-state index contributed by atoms with van der Waals surface area (Å²) in [6.45, 7) is 5.52. The molecule has 4 rings (SSSR count). The zero-order valence-electron chi connectivity index (χ0n) is 15.0. The van der Waals surface area contributed by atoms with Crippen LogP contribution in [-0.4, -0.2) is 27.3 Å². The smallest absolute Gasteiger partial charge is 0.222 e. The number of hydrogen-bond donors (Lipinski definition) is 1. The van der Waals surface area contributed by atoms with Crippen LogP contribution in [0, 0.1) is 0 Å². The maximum Gasteiger partial charge on any atom is 0.222 e. The van der Waals surface area contributed by atoms with E-state index in [0.717, 1.165) is 29.0 Å². The van der Waals surface area contributed by atoms with Crippen LogP contribution in [0.1, 0.15) is 42.3 Å². The van der Waals surface area contributed by atoms with Gasteiger partial charge in [-0.3, -0.25) is 4.79 Å². The third-order valence-electron chi connectivity index (χ3n) is 4.94. The molecule has 1 aliphatic heterocycles. The van der Waals surface area contributed by atoms with Crippen molar-refractivity contribution >= 4 is 33.3 Å². The molecule has 26 heavy (non-hydrogen) atoms. The van der Waals surface area contributed by atoms with E-state index >= 15 is 0 Å². The van der Waals surface area contributed by atoms with E-state index in [1.165, 1.54) is 16.0 Å². The molecule has 2 aromatic heterocycles. The Morgan fingerprint density at radius 1 is 1.31 bits per heavy atom. The summed E-state index contributed by atoms with van der Waals surface area (Å²) in [5, 5.41) is 4.68. The standard InChI is InChI=1S/C20H22N4OS/c1-3-17(25)24-10-9-15-16(11-24)26-20-18(15)19(21-12-22-20)23-13(2)14-7-5-4-6-8-14/h4-8,12-13H,3,9-11H2,1-2H3,(H,21,22,23). The van der Waals surface area contributed by atoms with Gasteiger partial charge in [0.15, 0.2) is 0 Å². The lowest BCUT2D eigenvalue weighted by atomic mass is 10.0. The summed E-state index contributed by atoms with van der Waals surface area (Å²) in [6.07, 6.45) is 3.05. The number of benzene rings is 1. The van der Waals surface area contributed by atoms with Gasteiger partial charge in [0.05, 0.1) is 11.9 Å². The number of carbonyl (C=O) groups is 1. The lowest BCUT2D eigenvalue weighted by Crippen LogP contribution is -2.34. The molecular formula is C20H22N4OS. The molecular weight excluding hydrogens is 344 g/mol. The van der Waals surface area contributed by atoms with Crippen molar-refractivity contribution < 1.29 is 4.79 Å². The predicted molar refractivity (Wildman–Crippen MR) is 105 cm³/mol. The zero-order chi connectivity index (χ0) is 18.1. The van der Waals surface area contributed by atoms with Crippen LogP contribution in [0.15, 0.2) is 36.7 Å². The largest absolute Gasteiger partial charge is 0.363 e. The van der Waals surface area contributed by atoms with Crippen LogP contribution in [0.25, 0.3) is 10.2 Å². The Hall–Kier alpha value is -2.47. The summed E-state index contributed by atoms with van der Waals surface area (Å²) < 4.78 is 0. The summed E-state index contributed by atoms with van der Waals surface area (Å²) in [6, 6.07) is 10.5. The third kappa shape index (κ3) is 3.05. The normalized spacial score (nSPS) is 14.9. The van der Waals surface area contributed by atoms with Gasteiger partial charge in [0.25, 0.3) is 0 Å². The van der Waals surface area contributed by atoms with Gasteiger partial charge in [-0.15, -0.1) is 11.3 Å². The highest BCUT2D eigenvalue weighted by molar-refractivity contribution is 7.19. The van der Waals surface area contributed by atoms with Crippen LogP contribution in [-0.2, 0) is 17.8 Å².